The van der Waals surface area contributed by atoms with E-state index >= 15 is 0 Å². The molecule has 3 aromatic rings. The predicted molar refractivity (Wildman–Crippen MR) is 120 cm³/mol. The number of fused-ring (bicyclic) bond motifs is 1. The zero-order chi connectivity index (χ0) is 21.6. The highest BCUT2D eigenvalue weighted by molar-refractivity contribution is 5.89. The molecule has 2 amide bonds. The number of methoxy groups -OCH3 is 2. The van der Waals surface area contributed by atoms with Gasteiger partial charge in [0.15, 0.2) is 5.65 Å². The molecule has 1 aliphatic carbocycles. The molecule has 0 spiro atoms. The Labute approximate surface area is 182 Å². The lowest BCUT2D eigenvalue weighted by atomic mass is 9.95. The minimum atomic E-state index is -0.284. The topological polar surface area (TPSA) is 90.3 Å². The van der Waals surface area contributed by atoms with Gasteiger partial charge in [-0.2, -0.15) is 0 Å². The lowest BCUT2D eigenvalue weighted by molar-refractivity contribution is 0.252. The van der Waals surface area contributed by atoms with E-state index in [0.29, 0.717) is 36.2 Å². The van der Waals surface area contributed by atoms with E-state index in [1.54, 1.807) is 32.4 Å². The first-order valence-electron chi connectivity index (χ1n) is 10.8. The summed E-state index contributed by atoms with van der Waals surface area (Å²) in [5, 5.41) is 5.76. The number of hydrogen-bond acceptors (Lipinski definition) is 5. The molecule has 2 heterocycles. The maximum atomic E-state index is 12.4. The Kier molecular flexibility index (Phi) is 6.54. The molecule has 164 valence electrons. The summed E-state index contributed by atoms with van der Waals surface area (Å²) in [4.78, 5) is 21.8. The smallest absolute Gasteiger partial charge is 0.319 e. The molecule has 2 N–H and O–H groups in total. The van der Waals surface area contributed by atoms with Crippen LogP contribution < -0.4 is 20.1 Å². The summed E-state index contributed by atoms with van der Waals surface area (Å²) in [6, 6.07) is 9.31. The van der Waals surface area contributed by atoms with Gasteiger partial charge in [-0.1, -0.05) is 19.3 Å². The molecule has 8 nitrogen and oxygen atoms in total. The van der Waals surface area contributed by atoms with Gasteiger partial charge in [0.2, 0.25) is 0 Å². The third kappa shape index (κ3) is 4.90. The number of urea groups is 1. The van der Waals surface area contributed by atoms with Gasteiger partial charge in [-0.05, 0) is 25.0 Å². The second-order valence-corrected chi connectivity index (χ2v) is 7.77. The van der Waals surface area contributed by atoms with Crippen LogP contribution in [0, 0.1) is 0 Å². The minimum absolute atomic E-state index is 0.284. The molecule has 4 rings (SSSR count). The van der Waals surface area contributed by atoms with Crippen LogP contribution in [-0.2, 0) is 6.42 Å². The van der Waals surface area contributed by atoms with Gasteiger partial charge in [0.1, 0.15) is 22.8 Å². The minimum Gasteiger partial charge on any atom is -0.497 e. The number of carbonyl (C=O) groups excluding carboxylic acids is 1. The van der Waals surface area contributed by atoms with E-state index in [9.17, 15) is 4.79 Å². The predicted octanol–water partition coefficient (Wildman–Crippen LogP) is 4.32. The normalized spacial score (nSPS) is 14.4. The Morgan fingerprint density at radius 1 is 1.13 bits per heavy atom. The third-order valence-corrected chi connectivity index (χ3v) is 5.71. The van der Waals surface area contributed by atoms with Gasteiger partial charge in [-0.15, -0.1) is 0 Å². The quantitative estimate of drug-likeness (QED) is 0.591. The highest BCUT2D eigenvalue weighted by atomic mass is 16.5. The number of nitrogens with zero attached hydrogens (tertiary/aromatic N) is 3. The molecule has 1 fully saturated rings. The summed E-state index contributed by atoms with van der Waals surface area (Å²) in [5.74, 6) is 2.20. The summed E-state index contributed by atoms with van der Waals surface area (Å²) in [7, 11) is 3.15. The number of anilines is 1. The maximum Gasteiger partial charge on any atom is 0.319 e. The van der Waals surface area contributed by atoms with Crippen LogP contribution in [0.25, 0.3) is 11.2 Å². The molecular formula is C23H29N5O3. The Morgan fingerprint density at radius 3 is 2.58 bits per heavy atom. The van der Waals surface area contributed by atoms with Gasteiger partial charge >= 0.3 is 6.03 Å². The lowest BCUT2D eigenvalue weighted by Crippen LogP contribution is -2.31. The van der Waals surface area contributed by atoms with Gasteiger partial charge in [0, 0.05) is 49.1 Å². The number of ether oxygens (including phenoxy) is 2. The molecule has 8 heteroatoms. The Morgan fingerprint density at radius 2 is 1.87 bits per heavy atom. The molecule has 31 heavy (non-hydrogen) atoms. The molecule has 1 aromatic carbocycles. The second kappa shape index (κ2) is 9.68. The van der Waals surface area contributed by atoms with Gasteiger partial charge < -0.3 is 24.7 Å². The van der Waals surface area contributed by atoms with Crippen molar-refractivity contribution >= 4 is 22.9 Å². The van der Waals surface area contributed by atoms with E-state index in [4.69, 9.17) is 14.5 Å². The standard InChI is InChI=1S/C23H29N5O3/c1-30-18-13-16(14-19(15-18)31-2)26-23(29)25-12-10-21-27-20-9-6-11-24-22(20)28(21)17-7-4-3-5-8-17/h6,9,11,13-15,17H,3-5,7-8,10,12H2,1-2H3,(H2,25,26,29). The van der Waals surface area contributed by atoms with E-state index in [-0.39, 0.29) is 6.03 Å². The monoisotopic (exact) mass is 423 g/mol. The molecule has 0 bridgehead atoms. The Hall–Kier alpha value is -3.29. The van der Waals surface area contributed by atoms with Gasteiger partial charge in [-0.3, -0.25) is 0 Å². The van der Waals surface area contributed by atoms with Crippen molar-refractivity contribution in [2.24, 2.45) is 0 Å². The van der Waals surface area contributed by atoms with Crippen molar-refractivity contribution in [2.45, 2.75) is 44.6 Å². The summed E-state index contributed by atoms with van der Waals surface area (Å²) in [6.45, 7) is 0.475. The second-order valence-electron chi connectivity index (χ2n) is 7.77. The number of imidazole rings is 1. The molecule has 1 aliphatic rings. The average Bonchev–Trinajstić information content (AvgIpc) is 3.17. The summed E-state index contributed by atoms with van der Waals surface area (Å²) >= 11 is 0. The maximum absolute atomic E-state index is 12.4. The van der Waals surface area contributed by atoms with Gasteiger partial charge in [0.05, 0.1) is 14.2 Å². The van der Waals surface area contributed by atoms with Crippen molar-refractivity contribution < 1.29 is 14.3 Å². The SMILES string of the molecule is COc1cc(NC(=O)NCCc2nc3cccnc3n2C2CCCCC2)cc(OC)c1. The number of carbonyl (C=O) groups is 1. The highest BCUT2D eigenvalue weighted by Gasteiger charge is 2.22. The van der Waals surface area contributed by atoms with Crippen LogP contribution in [-0.4, -0.2) is 41.3 Å². The zero-order valence-electron chi connectivity index (χ0n) is 18.1. The first-order chi connectivity index (χ1) is 15.2. The van der Waals surface area contributed by atoms with Crippen LogP contribution >= 0.6 is 0 Å². The first kappa shape index (κ1) is 21.0. The Bertz CT molecular complexity index is 1020. The number of hydrogen-bond donors (Lipinski definition) is 2. The molecule has 2 aromatic heterocycles. The Balaban J connectivity index is 1.42. The van der Waals surface area contributed by atoms with Crippen LogP contribution in [0.4, 0.5) is 10.5 Å². The van der Waals surface area contributed by atoms with E-state index in [1.807, 2.05) is 18.3 Å². The van der Waals surface area contributed by atoms with Gasteiger partial charge in [0.25, 0.3) is 0 Å². The molecular weight excluding hydrogens is 394 g/mol. The van der Waals surface area contributed by atoms with Gasteiger partial charge in [-0.25, -0.2) is 14.8 Å². The van der Waals surface area contributed by atoms with Crippen LogP contribution in [0.2, 0.25) is 0 Å². The van der Waals surface area contributed by atoms with E-state index in [1.165, 1.54) is 19.3 Å². The number of rotatable bonds is 7. The third-order valence-electron chi connectivity index (χ3n) is 5.71. The fourth-order valence-corrected chi connectivity index (χ4v) is 4.22. The van der Waals surface area contributed by atoms with E-state index in [2.05, 4.69) is 20.2 Å². The molecule has 0 atom stereocenters. The van der Waals surface area contributed by atoms with Crippen molar-refractivity contribution in [2.75, 3.05) is 26.1 Å². The molecule has 0 unspecified atom stereocenters. The van der Waals surface area contributed by atoms with E-state index in [0.717, 1.165) is 29.8 Å². The number of nitrogens with one attached hydrogen (secondary N) is 2. The highest BCUT2D eigenvalue weighted by Crippen LogP contribution is 2.32. The van der Waals surface area contributed by atoms with Crippen molar-refractivity contribution in [3.05, 3.63) is 42.4 Å². The van der Waals surface area contributed by atoms with Crippen LogP contribution in [0.3, 0.4) is 0 Å². The lowest BCUT2D eigenvalue weighted by Gasteiger charge is -2.25. The number of amides is 2. The number of aromatic nitrogens is 3. The number of pyridine rings is 1. The summed E-state index contributed by atoms with van der Waals surface area (Å²) < 4.78 is 12.8. The molecule has 0 radical (unpaired) electrons. The molecule has 1 saturated carbocycles. The van der Waals surface area contributed by atoms with Crippen molar-refractivity contribution in [3.8, 4) is 11.5 Å². The summed E-state index contributed by atoms with van der Waals surface area (Å²) in [6.07, 6.45) is 8.54. The largest absolute Gasteiger partial charge is 0.497 e. The average molecular weight is 424 g/mol. The van der Waals surface area contributed by atoms with Crippen LogP contribution in [0.15, 0.2) is 36.5 Å². The zero-order valence-corrected chi connectivity index (χ0v) is 18.1. The summed E-state index contributed by atoms with van der Waals surface area (Å²) in [5.41, 5.74) is 2.46. The molecule has 0 aliphatic heterocycles. The van der Waals surface area contributed by atoms with Crippen LogP contribution in [0.5, 0.6) is 11.5 Å². The van der Waals surface area contributed by atoms with E-state index < -0.39 is 0 Å². The fourth-order valence-electron chi connectivity index (χ4n) is 4.22. The van der Waals surface area contributed by atoms with Crippen LogP contribution in [0.1, 0.15) is 44.0 Å². The fraction of sp³-hybridized carbons (Fsp3) is 0.435. The number of benzene rings is 1. The first-order valence-corrected chi connectivity index (χ1v) is 10.8. The molecule has 0 saturated heterocycles. The van der Waals surface area contributed by atoms with Crippen molar-refractivity contribution in [1.29, 1.82) is 0 Å². The van der Waals surface area contributed by atoms with Crippen molar-refractivity contribution in [1.82, 2.24) is 19.9 Å². The van der Waals surface area contributed by atoms with Crippen molar-refractivity contribution in [3.63, 3.8) is 0 Å².